The van der Waals surface area contributed by atoms with Gasteiger partial charge in [-0.1, -0.05) is 5.16 Å². The number of hydrogen-bond acceptors (Lipinski definition) is 7. The maximum atomic E-state index is 11.1. The average molecular weight is 300 g/mol. The number of hydrogen-bond donors (Lipinski definition) is 1. The summed E-state index contributed by atoms with van der Waals surface area (Å²) in [5.74, 6) is 0.737. The van der Waals surface area contributed by atoms with Crippen molar-refractivity contribution in [1.29, 1.82) is 0 Å². The predicted octanol–water partition coefficient (Wildman–Crippen LogP) is 2.34. The number of benzene rings is 1. The van der Waals surface area contributed by atoms with E-state index < -0.39 is 0 Å². The van der Waals surface area contributed by atoms with Crippen molar-refractivity contribution in [1.82, 2.24) is 9.97 Å². The van der Waals surface area contributed by atoms with Crippen LogP contribution in [0.4, 0.5) is 5.82 Å². The minimum Gasteiger partial charge on any atom is -0.438 e. The van der Waals surface area contributed by atoms with Crippen molar-refractivity contribution in [3.8, 4) is 11.6 Å². The van der Waals surface area contributed by atoms with Crippen molar-refractivity contribution < 1.29 is 14.4 Å². The second kappa shape index (κ2) is 6.66. The molecule has 0 spiro atoms. The topological polar surface area (TPSA) is 99.7 Å². The van der Waals surface area contributed by atoms with Crippen LogP contribution in [0.15, 0.2) is 29.7 Å². The number of aryl methyl sites for hydroxylation is 1. The van der Waals surface area contributed by atoms with Crippen molar-refractivity contribution in [3.05, 3.63) is 41.2 Å². The van der Waals surface area contributed by atoms with Gasteiger partial charge in [0.2, 0.25) is 5.88 Å². The third kappa shape index (κ3) is 3.20. The minimum absolute atomic E-state index is 0.0800. The number of anilines is 1. The molecular formula is C15H16N4O3. The lowest BCUT2D eigenvalue weighted by molar-refractivity contribution is 0.112. The highest BCUT2D eigenvalue weighted by Crippen LogP contribution is 2.26. The van der Waals surface area contributed by atoms with Crippen LogP contribution in [0.1, 0.15) is 28.4 Å². The van der Waals surface area contributed by atoms with Gasteiger partial charge in [-0.25, -0.2) is 9.97 Å². The average Bonchev–Trinajstić information content (AvgIpc) is 2.48. The lowest BCUT2D eigenvalue weighted by atomic mass is 10.1. The fourth-order valence-electron chi connectivity index (χ4n) is 1.99. The molecule has 0 unspecified atom stereocenters. The van der Waals surface area contributed by atoms with E-state index >= 15 is 0 Å². The molecular weight excluding hydrogens is 284 g/mol. The van der Waals surface area contributed by atoms with E-state index in [0.29, 0.717) is 12.0 Å². The summed E-state index contributed by atoms with van der Waals surface area (Å²) in [4.78, 5) is 23.5. The van der Waals surface area contributed by atoms with E-state index in [1.807, 2.05) is 26.0 Å². The maximum Gasteiger partial charge on any atom is 0.235 e. The molecule has 0 saturated carbocycles. The summed E-state index contributed by atoms with van der Waals surface area (Å²) < 4.78 is 5.62. The Morgan fingerprint density at radius 2 is 2.14 bits per heavy atom. The van der Waals surface area contributed by atoms with E-state index in [1.165, 1.54) is 13.4 Å². The summed E-state index contributed by atoms with van der Waals surface area (Å²) in [5, 5.41) is 3.90. The van der Waals surface area contributed by atoms with Crippen LogP contribution >= 0.6 is 0 Å². The number of rotatable bonds is 5. The van der Waals surface area contributed by atoms with Crippen LogP contribution in [0.2, 0.25) is 0 Å². The van der Waals surface area contributed by atoms with E-state index in [2.05, 4.69) is 15.1 Å². The van der Waals surface area contributed by atoms with Crippen LogP contribution in [0.5, 0.6) is 11.6 Å². The molecule has 7 heteroatoms. The Morgan fingerprint density at radius 1 is 1.36 bits per heavy atom. The summed E-state index contributed by atoms with van der Waals surface area (Å²) >= 11 is 0. The van der Waals surface area contributed by atoms with E-state index in [4.69, 9.17) is 15.3 Å². The van der Waals surface area contributed by atoms with Crippen LogP contribution in [0.25, 0.3) is 0 Å². The summed E-state index contributed by atoms with van der Waals surface area (Å²) in [7, 11) is 1.50. The van der Waals surface area contributed by atoms with E-state index in [-0.39, 0.29) is 17.3 Å². The van der Waals surface area contributed by atoms with E-state index in [1.54, 1.807) is 6.07 Å². The second-order valence-corrected chi connectivity index (χ2v) is 4.53. The number of aldehydes is 1. The Hall–Kier alpha value is -2.96. The van der Waals surface area contributed by atoms with Gasteiger partial charge >= 0.3 is 0 Å². The third-order valence-electron chi connectivity index (χ3n) is 3.03. The van der Waals surface area contributed by atoms with Crippen LogP contribution < -0.4 is 10.5 Å². The zero-order chi connectivity index (χ0) is 16.1. The standard InChI is InChI=1S/C15H16N4O3/c1-9-6-11(4-5-12(9)10(2)19-21-3)22-15-13(7-20)14(16)17-8-18-15/h4-8H,1-3H3,(H2,16,17,18)/b19-10-. The maximum absolute atomic E-state index is 11.1. The van der Waals surface area contributed by atoms with E-state index in [0.717, 1.165) is 16.8 Å². The van der Waals surface area contributed by atoms with Crippen LogP contribution in [-0.2, 0) is 4.84 Å². The number of nitrogens with two attached hydrogens (primary N) is 1. The van der Waals surface area contributed by atoms with Crippen molar-refractivity contribution in [2.75, 3.05) is 12.8 Å². The second-order valence-electron chi connectivity index (χ2n) is 4.53. The fraction of sp³-hybridized carbons (Fsp3) is 0.200. The van der Waals surface area contributed by atoms with Crippen LogP contribution in [0.3, 0.4) is 0 Å². The molecule has 0 saturated heterocycles. The molecule has 1 heterocycles. The number of nitrogens with zero attached hydrogens (tertiary/aromatic N) is 3. The van der Waals surface area contributed by atoms with E-state index in [9.17, 15) is 4.79 Å². The van der Waals surface area contributed by atoms with Crippen LogP contribution in [-0.4, -0.2) is 29.1 Å². The summed E-state index contributed by atoms with van der Waals surface area (Å²) in [6, 6.07) is 5.43. The first-order valence-electron chi connectivity index (χ1n) is 6.49. The highest BCUT2D eigenvalue weighted by molar-refractivity contribution is 5.99. The van der Waals surface area contributed by atoms with Gasteiger partial charge < -0.3 is 15.3 Å². The SMILES string of the molecule is CO/N=C(/C)c1ccc(Oc2ncnc(N)c2C=O)cc1C. The molecule has 2 aromatic rings. The largest absolute Gasteiger partial charge is 0.438 e. The van der Waals surface area contributed by atoms with Crippen LogP contribution in [0, 0.1) is 6.92 Å². The number of oxime groups is 1. The first kappa shape index (κ1) is 15.4. The van der Waals surface area contributed by atoms with Gasteiger partial charge in [-0.2, -0.15) is 0 Å². The van der Waals surface area contributed by atoms with Gasteiger partial charge in [0.15, 0.2) is 6.29 Å². The molecule has 22 heavy (non-hydrogen) atoms. The van der Waals surface area contributed by atoms with Crippen molar-refractivity contribution >= 4 is 17.8 Å². The van der Waals surface area contributed by atoms with Gasteiger partial charge in [0.1, 0.15) is 30.6 Å². The molecule has 114 valence electrons. The Bertz CT molecular complexity index is 729. The lowest BCUT2D eigenvalue weighted by Gasteiger charge is -2.10. The Balaban J connectivity index is 2.33. The van der Waals surface area contributed by atoms with Gasteiger partial charge in [-0.05, 0) is 37.6 Å². The van der Waals surface area contributed by atoms with Gasteiger partial charge in [0.05, 0.1) is 5.71 Å². The molecule has 0 aliphatic rings. The first-order valence-corrected chi connectivity index (χ1v) is 6.49. The Labute approximate surface area is 127 Å². The molecule has 0 atom stereocenters. The van der Waals surface area contributed by atoms with Gasteiger partial charge in [-0.3, -0.25) is 4.79 Å². The van der Waals surface area contributed by atoms with Gasteiger partial charge in [-0.15, -0.1) is 0 Å². The molecule has 2 N–H and O–H groups in total. The minimum atomic E-state index is 0.0800. The Morgan fingerprint density at radius 3 is 2.77 bits per heavy atom. The number of nitrogen functional groups attached to an aromatic ring is 1. The van der Waals surface area contributed by atoms with Crippen molar-refractivity contribution in [3.63, 3.8) is 0 Å². The molecule has 0 radical (unpaired) electrons. The smallest absolute Gasteiger partial charge is 0.235 e. The molecule has 7 nitrogen and oxygen atoms in total. The van der Waals surface area contributed by atoms with Gasteiger partial charge in [0.25, 0.3) is 0 Å². The predicted molar refractivity (Wildman–Crippen MR) is 82.3 cm³/mol. The molecule has 0 amide bonds. The first-order chi connectivity index (χ1) is 10.6. The normalized spacial score (nSPS) is 11.1. The van der Waals surface area contributed by atoms with Gasteiger partial charge in [0, 0.05) is 5.56 Å². The zero-order valence-electron chi connectivity index (χ0n) is 12.5. The molecule has 1 aromatic heterocycles. The number of aromatic nitrogens is 2. The highest BCUT2D eigenvalue weighted by atomic mass is 16.6. The highest BCUT2D eigenvalue weighted by Gasteiger charge is 2.12. The summed E-state index contributed by atoms with van der Waals surface area (Å²) in [6.07, 6.45) is 1.82. The molecule has 0 bridgehead atoms. The van der Waals surface area contributed by atoms with Crippen molar-refractivity contribution in [2.24, 2.45) is 5.16 Å². The molecule has 2 rings (SSSR count). The number of ether oxygens (including phenoxy) is 1. The lowest BCUT2D eigenvalue weighted by Crippen LogP contribution is -2.03. The summed E-state index contributed by atoms with van der Waals surface area (Å²) in [5.41, 5.74) is 8.39. The quantitative estimate of drug-likeness (QED) is 0.517. The fourth-order valence-corrected chi connectivity index (χ4v) is 1.99. The third-order valence-corrected chi connectivity index (χ3v) is 3.03. The zero-order valence-corrected chi connectivity index (χ0v) is 12.5. The molecule has 0 fully saturated rings. The number of carbonyl (C=O) groups excluding carboxylic acids is 1. The molecule has 0 aliphatic carbocycles. The molecule has 1 aromatic carbocycles. The van der Waals surface area contributed by atoms with Crippen molar-refractivity contribution in [2.45, 2.75) is 13.8 Å². The monoisotopic (exact) mass is 300 g/mol. The summed E-state index contributed by atoms with van der Waals surface area (Å²) in [6.45, 7) is 3.77. The molecule has 0 aliphatic heterocycles. The Kier molecular flexibility index (Phi) is 4.67. The number of carbonyl (C=O) groups is 1.